The number of hydrogen-bond donors (Lipinski definition) is 0. The Labute approximate surface area is 118 Å². The van der Waals surface area contributed by atoms with Gasteiger partial charge in [0.25, 0.3) is 5.91 Å². The van der Waals surface area contributed by atoms with Crippen LogP contribution in [0.4, 0.5) is 0 Å². The standard InChI is InChI=1S/C15H20N2O3/c1-10-13-11(4-3-5-12(13)18)16(2)14(10)15(19)17-6-8-20-9-7-17/h3-9H2,1-2H3. The summed E-state index contributed by atoms with van der Waals surface area (Å²) < 4.78 is 7.22. The van der Waals surface area contributed by atoms with Crippen LogP contribution in [-0.4, -0.2) is 47.5 Å². The first-order valence-electron chi connectivity index (χ1n) is 7.19. The van der Waals surface area contributed by atoms with Crippen molar-refractivity contribution in [3.8, 4) is 0 Å². The summed E-state index contributed by atoms with van der Waals surface area (Å²) in [7, 11) is 1.90. The number of amides is 1. The molecule has 1 aromatic rings. The van der Waals surface area contributed by atoms with Gasteiger partial charge in [-0.3, -0.25) is 9.59 Å². The minimum Gasteiger partial charge on any atom is -0.378 e. The quantitative estimate of drug-likeness (QED) is 0.777. The Hall–Kier alpha value is -1.62. The average molecular weight is 276 g/mol. The lowest BCUT2D eigenvalue weighted by Gasteiger charge is -2.27. The van der Waals surface area contributed by atoms with Gasteiger partial charge in [0.15, 0.2) is 5.78 Å². The first-order valence-corrected chi connectivity index (χ1v) is 7.19. The third-order valence-electron chi connectivity index (χ3n) is 4.36. The van der Waals surface area contributed by atoms with Gasteiger partial charge in [0, 0.05) is 37.8 Å². The molecule has 0 N–H and O–H groups in total. The van der Waals surface area contributed by atoms with Gasteiger partial charge in [0.05, 0.1) is 13.2 Å². The lowest BCUT2D eigenvalue weighted by atomic mass is 9.93. The summed E-state index contributed by atoms with van der Waals surface area (Å²) in [4.78, 5) is 26.6. The van der Waals surface area contributed by atoms with Gasteiger partial charge in [-0.25, -0.2) is 0 Å². The Morgan fingerprint density at radius 1 is 1.20 bits per heavy atom. The molecular formula is C15H20N2O3. The molecule has 0 atom stereocenters. The Bertz CT molecular complexity index is 568. The first-order chi connectivity index (χ1) is 9.61. The molecule has 5 heteroatoms. The van der Waals surface area contributed by atoms with Crippen molar-refractivity contribution in [2.45, 2.75) is 26.2 Å². The van der Waals surface area contributed by atoms with Crippen LogP contribution in [-0.2, 0) is 18.2 Å². The van der Waals surface area contributed by atoms with Crippen molar-refractivity contribution in [1.82, 2.24) is 9.47 Å². The molecule has 0 unspecified atom stereocenters. The zero-order valence-electron chi connectivity index (χ0n) is 12.1. The van der Waals surface area contributed by atoms with Gasteiger partial charge in [-0.15, -0.1) is 0 Å². The molecule has 20 heavy (non-hydrogen) atoms. The smallest absolute Gasteiger partial charge is 0.270 e. The second-order valence-corrected chi connectivity index (χ2v) is 5.54. The molecule has 1 aliphatic heterocycles. The number of carbonyl (C=O) groups excluding carboxylic acids is 2. The zero-order valence-corrected chi connectivity index (χ0v) is 12.1. The Morgan fingerprint density at radius 3 is 2.55 bits per heavy atom. The molecule has 2 heterocycles. The lowest BCUT2D eigenvalue weighted by Crippen LogP contribution is -2.41. The topological polar surface area (TPSA) is 51.5 Å². The summed E-state index contributed by atoms with van der Waals surface area (Å²) in [5.41, 5.74) is 3.33. The van der Waals surface area contributed by atoms with Crippen LogP contribution in [0.25, 0.3) is 0 Å². The summed E-state index contributed by atoms with van der Waals surface area (Å²) in [6.07, 6.45) is 2.37. The fraction of sp³-hybridized carbons (Fsp3) is 0.600. The molecule has 0 radical (unpaired) electrons. The van der Waals surface area contributed by atoms with Crippen molar-refractivity contribution in [1.29, 1.82) is 0 Å². The van der Waals surface area contributed by atoms with Crippen LogP contribution in [0, 0.1) is 6.92 Å². The van der Waals surface area contributed by atoms with Crippen LogP contribution in [0.1, 0.15) is 44.9 Å². The molecule has 1 aromatic heterocycles. The molecular weight excluding hydrogens is 256 g/mol. The third kappa shape index (κ3) is 1.97. The summed E-state index contributed by atoms with van der Waals surface area (Å²) in [5.74, 6) is 0.205. The molecule has 2 aliphatic rings. The molecule has 1 fully saturated rings. The monoisotopic (exact) mass is 276 g/mol. The number of ketones is 1. The predicted octanol–water partition coefficient (Wildman–Crippen LogP) is 1.32. The molecule has 1 amide bonds. The van der Waals surface area contributed by atoms with Gasteiger partial charge in [0.1, 0.15) is 5.69 Å². The van der Waals surface area contributed by atoms with Crippen molar-refractivity contribution in [3.05, 3.63) is 22.5 Å². The fourth-order valence-electron chi connectivity index (χ4n) is 3.31. The number of rotatable bonds is 1. The van der Waals surface area contributed by atoms with Gasteiger partial charge in [-0.2, -0.15) is 0 Å². The van der Waals surface area contributed by atoms with E-state index in [0.29, 0.717) is 38.4 Å². The van der Waals surface area contributed by atoms with E-state index in [0.717, 1.165) is 29.7 Å². The van der Waals surface area contributed by atoms with Gasteiger partial charge >= 0.3 is 0 Å². The minimum atomic E-state index is 0.0236. The maximum absolute atomic E-state index is 12.7. The molecule has 5 nitrogen and oxygen atoms in total. The molecule has 0 aromatic carbocycles. The fourth-order valence-corrected chi connectivity index (χ4v) is 3.31. The van der Waals surface area contributed by atoms with Crippen LogP contribution >= 0.6 is 0 Å². The van der Waals surface area contributed by atoms with Gasteiger partial charge in [-0.1, -0.05) is 0 Å². The Kier molecular flexibility index (Phi) is 3.38. The van der Waals surface area contributed by atoms with E-state index in [2.05, 4.69) is 0 Å². The number of nitrogens with zero attached hydrogens (tertiary/aromatic N) is 2. The van der Waals surface area contributed by atoms with Crippen LogP contribution in [0.15, 0.2) is 0 Å². The number of Topliss-reactive ketones (excluding diaryl/α,β-unsaturated/α-hetero) is 1. The Morgan fingerprint density at radius 2 is 1.90 bits per heavy atom. The zero-order chi connectivity index (χ0) is 14.3. The van der Waals surface area contributed by atoms with E-state index in [1.807, 2.05) is 23.4 Å². The summed E-state index contributed by atoms with van der Waals surface area (Å²) in [5, 5.41) is 0. The number of fused-ring (bicyclic) bond motifs is 1. The van der Waals surface area contributed by atoms with Crippen molar-refractivity contribution in [2.75, 3.05) is 26.3 Å². The van der Waals surface area contributed by atoms with Crippen LogP contribution < -0.4 is 0 Å². The van der Waals surface area contributed by atoms with Crippen molar-refractivity contribution >= 4 is 11.7 Å². The minimum absolute atomic E-state index is 0.0236. The van der Waals surface area contributed by atoms with Gasteiger partial charge in [-0.05, 0) is 25.3 Å². The second-order valence-electron chi connectivity index (χ2n) is 5.54. The normalized spacial score (nSPS) is 19.1. The first kappa shape index (κ1) is 13.4. The SMILES string of the molecule is Cc1c2c(n(C)c1C(=O)N1CCOCC1)CCCC2=O. The summed E-state index contributed by atoms with van der Waals surface area (Å²) in [6, 6.07) is 0. The highest BCUT2D eigenvalue weighted by molar-refractivity contribution is 6.04. The number of morpholine rings is 1. The second kappa shape index (κ2) is 5.05. The van der Waals surface area contributed by atoms with Crippen LogP contribution in [0.3, 0.4) is 0 Å². The van der Waals surface area contributed by atoms with Crippen LogP contribution in [0.2, 0.25) is 0 Å². The van der Waals surface area contributed by atoms with E-state index >= 15 is 0 Å². The molecule has 0 saturated carbocycles. The Balaban J connectivity index is 2.01. The lowest BCUT2D eigenvalue weighted by molar-refractivity contribution is 0.0296. The maximum Gasteiger partial charge on any atom is 0.270 e. The molecule has 0 spiro atoms. The van der Waals surface area contributed by atoms with E-state index < -0.39 is 0 Å². The van der Waals surface area contributed by atoms with Crippen molar-refractivity contribution < 1.29 is 14.3 Å². The number of ether oxygens (including phenoxy) is 1. The molecule has 108 valence electrons. The summed E-state index contributed by atoms with van der Waals surface area (Å²) in [6.45, 7) is 4.33. The molecule has 0 bridgehead atoms. The predicted molar refractivity (Wildman–Crippen MR) is 74.1 cm³/mol. The largest absolute Gasteiger partial charge is 0.378 e. The van der Waals surface area contributed by atoms with E-state index in [1.165, 1.54) is 0 Å². The van der Waals surface area contributed by atoms with E-state index in [-0.39, 0.29) is 11.7 Å². The number of carbonyl (C=O) groups is 2. The van der Waals surface area contributed by atoms with Crippen LogP contribution in [0.5, 0.6) is 0 Å². The van der Waals surface area contributed by atoms with E-state index in [4.69, 9.17) is 4.74 Å². The number of hydrogen-bond acceptors (Lipinski definition) is 3. The van der Waals surface area contributed by atoms with Gasteiger partial charge < -0.3 is 14.2 Å². The highest BCUT2D eigenvalue weighted by atomic mass is 16.5. The number of aromatic nitrogens is 1. The molecule has 3 rings (SSSR count). The average Bonchev–Trinajstić information content (AvgIpc) is 2.72. The molecule has 1 saturated heterocycles. The van der Waals surface area contributed by atoms with Gasteiger partial charge in [0.2, 0.25) is 0 Å². The maximum atomic E-state index is 12.7. The summed E-state index contributed by atoms with van der Waals surface area (Å²) >= 11 is 0. The van der Waals surface area contributed by atoms with Crippen molar-refractivity contribution in [3.63, 3.8) is 0 Å². The third-order valence-corrected chi connectivity index (χ3v) is 4.36. The highest BCUT2D eigenvalue weighted by Crippen LogP contribution is 2.29. The van der Waals surface area contributed by atoms with E-state index in [9.17, 15) is 9.59 Å². The van der Waals surface area contributed by atoms with Crippen molar-refractivity contribution in [2.24, 2.45) is 7.05 Å². The highest BCUT2D eigenvalue weighted by Gasteiger charge is 2.31. The van der Waals surface area contributed by atoms with E-state index in [1.54, 1.807) is 0 Å². The molecule has 1 aliphatic carbocycles.